The molecule has 0 amide bonds. The van der Waals surface area contributed by atoms with Gasteiger partial charge in [-0.25, -0.2) is 4.98 Å². The van der Waals surface area contributed by atoms with Crippen LogP contribution in [0.25, 0.3) is 72.7 Å². The van der Waals surface area contributed by atoms with Gasteiger partial charge in [0.25, 0.3) is 0 Å². The minimum atomic E-state index is -2.48. The van der Waals surface area contributed by atoms with E-state index in [0.717, 1.165) is 66.8 Å². The molecule has 0 saturated heterocycles. The Balaban J connectivity index is 0.00000648. The minimum absolute atomic E-state index is 0. The van der Waals surface area contributed by atoms with Crippen molar-refractivity contribution in [1.29, 1.82) is 0 Å². The van der Waals surface area contributed by atoms with E-state index < -0.39 is 6.85 Å². The van der Waals surface area contributed by atoms with Crippen molar-refractivity contribution in [3.8, 4) is 67.5 Å². The fourth-order valence-electron chi connectivity index (χ4n) is 8.30. The van der Waals surface area contributed by atoms with Crippen LogP contribution in [0, 0.1) is 33.9 Å². The van der Waals surface area contributed by atoms with Crippen molar-refractivity contribution in [3.63, 3.8) is 0 Å². The summed E-state index contributed by atoms with van der Waals surface area (Å²) in [6, 6.07) is 45.3. The maximum Gasteiger partial charge on any atom is 2.00 e. The molecule has 0 unspecified atom stereocenters. The first kappa shape index (κ1) is 41.4. The molecule has 63 heavy (non-hydrogen) atoms. The van der Waals surface area contributed by atoms with E-state index in [1.54, 1.807) is 0 Å². The van der Waals surface area contributed by atoms with E-state index in [2.05, 4.69) is 136 Å². The minimum Gasteiger partial charge on any atom is -0.665 e. The van der Waals surface area contributed by atoms with Gasteiger partial charge in [0.2, 0.25) is 0 Å². The molecule has 0 N–H and O–H groups in total. The van der Waals surface area contributed by atoms with E-state index in [1.807, 2.05) is 85.3 Å². The molecule has 5 heteroatoms. The Morgan fingerprint density at radius 3 is 1.90 bits per heavy atom. The van der Waals surface area contributed by atoms with Crippen LogP contribution < -0.4 is 4.74 Å². The molecule has 8 rings (SSSR count). The van der Waals surface area contributed by atoms with Crippen LogP contribution in [0.1, 0.15) is 99.8 Å². The Morgan fingerprint density at radius 1 is 0.603 bits per heavy atom. The smallest absolute Gasteiger partial charge is 0.665 e. The number of hydrogen-bond acceptors (Lipinski definition) is 3. The van der Waals surface area contributed by atoms with E-state index in [-0.39, 0.29) is 42.9 Å². The number of aryl methyl sites for hydroxylation is 3. The fraction of sp³-hybridized carbons (Fsp3) is 0.259. The fourth-order valence-corrected chi connectivity index (χ4v) is 8.30. The summed E-state index contributed by atoms with van der Waals surface area (Å²) >= 11 is 0. The van der Waals surface area contributed by atoms with Gasteiger partial charge in [0.05, 0.1) is 28.0 Å². The van der Waals surface area contributed by atoms with Gasteiger partial charge in [-0.2, -0.15) is 7.11 Å². The Bertz CT molecular complexity index is 3060. The Labute approximate surface area is 394 Å². The van der Waals surface area contributed by atoms with Gasteiger partial charge in [-0.3, -0.25) is 9.55 Å². The third-order valence-electron chi connectivity index (χ3n) is 11.9. The number of rotatable bonds is 7. The first-order chi connectivity index (χ1) is 30.5. The zero-order valence-corrected chi connectivity index (χ0v) is 40.7. The Hall–Kier alpha value is -5.57. The van der Waals surface area contributed by atoms with E-state index in [4.69, 9.17) is 18.8 Å². The van der Waals surface area contributed by atoms with Crippen LogP contribution in [0.4, 0.5) is 0 Å². The molecule has 0 fully saturated rings. The summed E-state index contributed by atoms with van der Waals surface area (Å²) in [5, 5.41) is 0. The monoisotopic (exact) mass is 1010 g/mol. The third kappa shape index (κ3) is 9.11. The average Bonchev–Trinajstić information content (AvgIpc) is 3.64. The number of imidazole rings is 1. The summed E-state index contributed by atoms with van der Waals surface area (Å²) in [6.45, 7) is 21.5. The van der Waals surface area contributed by atoms with Crippen molar-refractivity contribution in [1.82, 2.24) is 14.5 Å². The van der Waals surface area contributed by atoms with Crippen LogP contribution in [-0.4, -0.2) is 14.5 Å². The van der Waals surface area contributed by atoms with Crippen molar-refractivity contribution in [3.05, 3.63) is 174 Å². The predicted molar refractivity (Wildman–Crippen MR) is 261 cm³/mol. The van der Waals surface area contributed by atoms with Crippen LogP contribution in [0.15, 0.2) is 128 Å². The first-order valence-corrected chi connectivity index (χ1v) is 21.5. The molecule has 2 aromatic heterocycles. The van der Waals surface area contributed by atoms with Crippen LogP contribution in [-0.2, 0) is 37.3 Å². The van der Waals surface area contributed by atoms with Crippen LogP contribution in [0.2, 0.25) is 0 Å². The van der Waals surface area contributed by atoms with E-state index in [0.29, 0.717) is 28.3 Å². The SMILES string of the molecule is [2H]C([2H])([2H])c1cc(-c2cc(C(C)(C)C)cc(C(C)(C)C)c2)ccc1-n1c(-c2cc(C)cc(C)c2O[CH2-])nc2c(-c3[c-]c(-c4cc(-c5ccccc5)ccn4)cc(C(C)(C)C)c3)cccc21.[Pt+2]. The average molecular weight is 1010 g/mol. The first-order valence-electron chi connectivity index (χ1n) is 23.0. The summed E-state index contributed by atoms with van der Waals surface area (Å²) in [5.41, 5.74) is 15.3. The standard InChI is InChI=1S/C58H59N3O.Pt/c1-36-26-38(3)54(62-13)49(27-36)55-60-53-48(43-29-44(33-45(32-43)56(4,5)6)50-34-41(24-25-59-50)39-18-15-14-16-19-39)20-17-21-52(53)61(55)51-23-22-40(28-37(51)2)42-30-46(57(7,8)9)35-47(31-42)58(10,11)12;/h14-28,30-35H,13H2,1-12H3;/q-2;+2/i2D3;. The maximum absolute atomic E-state index is 9.08. The molecule has 0 aliphatic heterocycles. The molecule has 6 aromatic carbocycles. The van der Waals surface area contributed by atoms with E-state index in [1.165, 1.54) is 11.1 Å². The molecule has 8 aromatic rings. The van der Waals surface area contributed by atoms with E-state index >= 15 is 0 Å². The molecule has 0 aliphatic carbocycles. The zero-order valence-electron chi connectivity index (χ0n) is 41.4. The quantitative estimate of drug-likeness (QED) is 0.149. The number of ether oxygens (including phenoxy) is 1. The summed E-state index contributed by atoms with van der Waals surface area (Å²) in [7, 11) is 3.86. The second kappa shape index (κ2) is 17.2. The van der Waals surface area contributed by atoms with Crippen LogP contribution >= 0.6 is 0 Å². The largest absolute Gasteiger partial charge is 2.00 e. The van der Waals surface area contributed by atoms with Gasteiger partial charge in [-0.15, -0.1) is 29.3 Å². The van der Waals surface area contributed by atoms with Crippen molar-refractivity contribution in [2.24, 2.45) is 0 Å². The number of para-hydroxylation sites is 1. The number of aromatic nitrogens is 3. The molecule has 0 bridgehead atoms. The van der Waals surface area contributed by atoms with Crippen LogP contribution in [0.3, 0.4) is 0 Å². The molecular formula is C58H59N3OPt. The molecule has 0 atom stereocenters. The Kier molecular flexibility index (Phi) is 11.3. The van der Waals surface area contributed by atoms with Crippen molar-refractivity contribution in [2.75, 3.05) is 0 Å². The van der Waals surface area contributed by atoms with Gasteiger partial charge in [0, 0.05) is 16.0 Å². The molecule has 322 valence electrons. The normalized spacial score (nSPS) is 13.0. The van der Waals surface area contributed by atoms with Gasteiger partial charge in [0.15, 0.2) is 0 Å². The van der Waals surface area contributed by atoms with Gasteiger partial charge < -0.3 is 4.74 Å². The van der Waals surface area contributed by atoms with Gasteiger partial charge in [-0.1, -0.05) is 152 Å². The predicted octanol–water partition coefficient (Wildman–Crippen LogP) is 15.5. The van der Waals surface area contributed by atoms with Crippen molar-refractivity contribution >= 4 is 11.0 Å². The molecule has 0 spiro atoms. The number of nitrogens with zero attached hydrogens (tertiary/aromatic N) is 3. The number of benzene rings is 6. The topological polar surface area (TPSA) is 39.9 Å². The summed E-state index contributed by atoms with van der Waals surface area (Å²) in [4.78, 5) is 10.4. The molecule has 4 nitrogen and oxygen atoms in total. The van der Waals surface area contributed by atoms with Crippen molar-refractivity contribution in [2.45, 2.75) is 99.3 Å². The van der Waals surface area contributed by atoms with Gasteiger partial charge in [0.1, 0.15) is 5.82 Å². The molecule has 2 heterocycles. The summed E-state index contributed by atoms with van der Waals surface area (Å²) in [5.74, 6) is 1.12. The van der Waals surface area contributed by atoms with Gasteiger partial charge in [-0.05, 0) is 117 Å². The molecule has 0 saturated carbocycles. The molecule has 0 aliphatic rings. The Morgan fingerprint density at radius 2 is 1.25 bits per heavy atom. The third-order valence-corrected chi connectivity index (χ3v) is 11.9. The van der Waals surface area contributed by atoms with E-state index in [9.17, 15) is 0 Å². The summed E-state index contributed by atoms with van der Waals surface area (Å²) < 4.78 is 35.1. The zero-order chi connectivity index (χ0) is 46.8. The number of fused-ring (bicyclic) bond motifs is 1. The maximum atomic E-state index is 9.08. The second-order valence-electron chi connectivity index (χ2n) is 19.8. The molecule has 0 radical (unpaired) electrons. The number of pyridine rings is 1. The molecular weight excluding hydrogens is 950 g/mol. The van der Waals surface area contributed by atoms with Gasteiger partial charge >= 0.3 is 21.1 Å². The second-order valence-corrected chi connectivity index (χ2v) is 19.8. The van der Waals surface area contributed by atoms with Crippen molar-refractivity contribution < 1.29 is 29.9 Å². The van der Waals surface area contributed by atoms with Crippen LogP contribution in [0.5, 0.6) is 5.75 Å². The summed E-state index contributed by atoms with van der Waals surface area (Å²) in [6.07, 6.45) is 1.86. The number of hydrogen-bond donors (Lipinski definition) is 0.